The summed E-state index contributed by atoms with van der Waals surface area (Å²) in [5.74, 6) is -0.617. The second kappa shape index (κ2) is 6.12. The smallest absolute Gasteiger partial charge is 0.230 e. The number of nitrogens with zero attached hydrogens (tertiary/aromatic N) is 2. The summed E-state index contributed by atoms with van der Waals surface area (Å²) in [5, 5.41) is 0.870. The normalized spacial score (nSPS) is 11.9. The number of hydrogen-bond donors (Lipinski definition) is 0. The van der Waals surface area contributed by atoms with Crippen LogP contribution in [0, 0.1) is 25.6 Å². The number of rotatable bonds is 2. The minimum atomic E-state index is -0.635. The first-order chi connectivity index (χ1) is 12.8. The van der Waals surface area contributed by atoms with E-state index in [2.05, 4.69) is 31.1 Å². The Morgan fingerprint density at radius 1 is 1.04 bits per heavy atom. The summed E-state index contributed by atoms with van der Waals surface area (Å²) in [6.07, 6.45) is 2.07. The zero-order chi connectivity index (χ0) is 19.5. The topological polar surface area (TPSA) is 29.9 Å². The minimum Gasteiger partial charge on any atom is -0.437 e. The zero-order valence-electron chi connectivity index (χ0n) is 16.0. The molecule has 27 heavy (non-hydrogen) atoms. The maximum Gasteiger partial charge on any atom is 0.230 e. The molecule has 0 amide bonds. The Labute approximate surface area is 156 Å². The second-order valence-electron chi connectivity index (χ2n) is 7.41. The molecule has 0 aliphatic rings. The van der Waals surface area contributed by atoms with Crippen LogP contribution in [0.1, 0.15) is 36.5 Å². The van der Waals surface area contributed by atoms with Gasteiger partial charge < -0.3 is 4.42 Å². The van der Waals surface area contributed by atoms with Gasteiger partial charge in [-0.1, -0.05) is 13.8 Å². The number of aryl methyl sites for hydroxylation is 3. The Kier molecular flexibility index (Phi) is 3.98. The van der Waals surface area contributed by atoms with Gasteiger partial charge in [0.05, 0.1) is 16.3 Å². The van der Waals surface area contributed by atoms with Crippen LogP contribution in [0.4, 0.5) is 8.78 Å². The number of benzene rings is 1. The van der Waals surface area contributed by atoms with Crippen LogP contribution in [0.5, 0.6) is 0 Å². The van der Waals surface area contributed by atoms with Gasteiger partial charge in [0, 0.05) is 11.6 Å². The monoisotopic (exact) mass is 367 g/mol. The first-order valence-corrected chi connectivity index (χ1v) is 8.96. The summed E-state index contributed by atoms with van der Waals surface area (Å²) in [5.41, 5.74) is 4.78. The molecule has 0 saturated heterocycles. The molecule has 0 radical (unpaired) electrons. The van der Waals surface area contributed by atoms with Crippen LogP contribution >= 0.6 is 0 Å². The summed E-state index contributed by atoms with van der Waals surface area (Å²) in [7, 11) is 1.96. The van der Waals surface area contributed by atoms with Gasteiger partial charge in [0.25, 0.3) is 0 Å². The van der Waals surface area contributed by atoms with E-state index in [1.165, 1.54) is 17.7 Å². The van der Waals surface area contributed by atoms with Gasteiger partial charge in [-0.15, -0.1) is 0 Å². The number of pyridine rings is 2. The van der Waals surface area contributed by atoms with Gasteiger partial charge in [0.15, 0.2) is 11.8 Å². The van der Waals surface area contributed by atoms with E-state index in [4.69, 9.17) is 4.42 Å². The van der Waals surface area contributed by atoms with Crippen LogP contribution in [0.2, 0.25) is 0 Å². The van der Waals surface area contributed by atoms with Crippen molar-refractivity contribution in [3.63, 3.8) is 0 Å². The molecule has 0 fully saturated rings. The number of hydrogen-bond acceptors (Lipinski definition) is 2. The average molecular weight is 367 g/mol. The molecule has 4 aromatic rings. The Balaban J connectivity index is 2.12. The molecule has 4 rings (SSSR count). The fourth-order valence-electron chi connectivity index (χ4n) is 3.71. The van der Waals surface area contributed by atoms with Crippen molar-refractivity contribution in [2.45, 2.75) is 33.6 Å². The molecule has 0 atom stereocenters. The van der Waals surface area contributed by atoms with E-state index in [0.717, 1.165) is 16.8 Å². The van der Waals surface area contributed by atoms with Crippen LogP contribution in [0.25, 0.3) is 33.3 Å². The number of furan rings is 1. The van der Waals surface area contributed by atoms with E-state index < -0.39 is 5.95 Å². The lowest BCUT2D eigenvalue weighted by Gasteiger charge is -2.09. The predicted molar refractivity (Wildman–Crippen MR) is 102 cm³/mol. The van der Waals surface area contributed by atoms with Crippen LogP contribution in [-0.4, -0.2) is 4.98 Å². The first-order valence-electron chi connectivity index (χ1n) is 8.96. The van der Waals surface area contributed by atoms with E-state index in [-0.39, 0.29) is 11.5 Å². The standard InChI is InChI=1S/C22H21F2N2O/c1-11(2)14-6-7-16(26(5)10-14)18-12(3)8-15(23)20-19-13(4)9-17(24)25-22(19)27-21(18)20/h6-11H,1-5H3/q+1. The van der Waals surface area contributed by atoms with Gasteiger partial charge in [-0.3, -0.25) is 0 Å². The molecule has 0 N–H and O–H groups in total. The van der Waals surface area contributed by atoms with Gasteiger partial charge in [-0.05, 0) is 49.1 Å². The fraction of sp³-hybridized carbons (Fsp3) is 0.273. The molecule has 0 unspecified atom stereocenters. The summed E-state index contributed by atoms with van der Waals surface area (Å²) in [6, 6.07) is 6.89. The van der Waals surface area contributed by atoms with Crippen molar-refractivity contribution < 1.29 is 17.8 Å². The second-order valence-corrected chi connectivity index (χ2v) is 7.41. The Morgan fingerprint density at radius 2 is 1.78 bits per heavy atom. The van der Waals surface area contributed by atoms with Crippen molar-refractivity contribution in [1.82, 2.24) is 4.98 Å². The van der Waals surface area contributed by atoms with Gasteiger partial charge in [-0.2, -0.15) is 9.37 Å². The molecule has 3 aromatic heterocycles. The van der Waals surface area contributed by atoms with E-state index in [9.17, 15) is 8.78 Å². The van der Waals surface area contributed by atoms with E-state index >= 15 is 0 Å². The van der Waals surface area contributed by atoms with Crippen LogP contribution < -0.4 is 4.57 Å². The largest absolute Gasteiger partial charge is 0.437 e. The summed E-state index contributed by atoms with van der Waals surface area (Å²) < 4.78 is 36.5. The molecular formula is C22H21F2N2O+. The lowest BCUT2D eigenvalue weighted by molar-refractivity contribution is -0.660. The van der Waals surface area contributed by atoms with Gasteiger partial charge in [-0.25, -0.2) is 8.96 Å². The summed E-state index contributed by atoms with van der Waals surface area (Å²) in [6.45, 7) is 7.86. The van der Waals surface area contributed by atoms with Crippen molar-refractivity contribution in [3.8, 4) is 11.3 Å². The highest BCUT2D eigenvalue weighted by molar-refractivity contribution is 6.10. The third-order valence-electron chi connectivity index (χ3n) is 5.11. The fourth-order valence-corrected chi connectivity index (χ4v) is 3.71. The average Bonchev–Trinajstić information content (AvgIpc) is 2.95. The first kappa shape index (κ1) is 17.6. The molecule has 1 aromatic carbocycles. The number of fused-ring (bicyclic) bond motifs is 3. The lowest BCUT2D eigenvalue weighted by Crippen LogP contribution is -2.31. The van der Waals surface area contributed by atoms with Crippen molar-refractivity contribution in [2.75, 3.05) is 0 Å². The number of aromatic nitrogens is 2. The molecule has 0 aliphatic heterocycles. The SMILES string of the molecule is Cc1cc(F)c2c(oc3nc(F)cc(C)c32)c1-c1ccc(C(C)C)c[n+]1C. The van der Waals surface area contributed by atoms with Crippen molar-refractivity contribution in [3.05, 3.63) is 58.9 Å². The molecule has 3 nitrogen and oxygen atoms in total. The molecule has 0 bridgehead atoms. The highest BCUT2D eigenvalue weighted by Gasteiger charge is 2.25. The van der Waals surface area contributed by atoms with Gasteiger partial charge >= 0.3 is 0 Å². The molecule has 5 heteroatoms. The van der Waals surface area contributed by atoms with Gasteiger partial charge in [0.1, 0.15) is 12.9 Å². The lowest BCUT2D eigenvalue weighted by atomic mass is 9.98. The van der Waals surface area contributed by atoms with Crippen LogP contribution in [0.3, 0.4) is 0 Å². The quantitative estimate of drug-likeness (QED) is 0.346. The minimum absolute atomic E-state index is 0.120. The van der Waals surface area contributed by atoms with E-state index in [0.29, 0.717) is 27.8 Å². The third kappa shape index (κ3) is 2.69. The highest BCUT2D eigenvalue weighted by Crippen LogP contribution is 2.39. The molecule has 138 valence electrons. The Bertz CT molecular complexity index is 1210. The maximum atomic E-state index is 14.9. The van der Waals surface area contributed by atoms with E-state index in [1.54, 1.807) is 6.92 Å². The summed E-state index contributed by atoms with van der Waals surface area (Å²) >= 11 is 0. The Morgan fingerprint density at radius 3 is 2.44 bits per heavy atom. The van der Waals surface area contributed by atoms with Gasteiger partial charge in [0.2, 0.25) is 17.4 Å². The molecule has 0 aliphatic carbocycles. The maximum absolute atomic E-state index is 14.9. The molecule has 0 saturated carbocycles. The van der Waals surface area contributed by atoms with E-state index in [1.807, 2.05) is 24.6 Å². The van der Waals surface area contributed by atoms with Crippen molar-refractivity contribution >= 4 is 22.1 Å². The molecule has 0 spiro atoms. The highest BCUT2D eigenvalue weighted by atomic mass is 19.1. The van der Waals surface area contributed by atoms with Crippen molar-refractivity contribution in [1.29, 1.82) is 0 Å². The van der Waals surface area contributed by atoms with Crippen LogP contribution in [-0.2, 0) is 7.05 Å². The summed E-state index contributed by atoms with van der Waals surface area (Å²) in [4.78, 5) is 3.83. The molecule has 3 heterocycles. The van der Waals surface area contributed by atoms with Crippen molar-refractivity contribution in [2.24, 2.45) is 7.05 Å². The third-order valence-corrected chi connectivity index (χ3v) is 5.11. The Hall–Kier alpha value is -2.82. The number of halogens is 2. The van der Waals surface area contributed by atoms with Crippen LogP contribution in [0.15, 0.2) is 34.9 Å². The predicted octanol–water partition coefficient (Wildman–Crippen LogP) is 5.49. The zero-order valence-corrected chi connectivity index (χ0v) is 16.0. The molecular weight excluding hydrogens is 346 g/mol.